The number of likely N-dealkylation sites (tertiary alicyclic amines) is 1. The monoisotopic (exact) mass is 439 g/mol. The number of halogens is 1. The SMILES string of the molecule is CC(=O)N1Cc2cc(C)ccc2OC2(CCN(CC(=O)NCc3ccccc3F)CC2)C1. The molecule has 2 aliphatic rings. The van der Waals surface area contributed by atoms with Crippen molar-refractivity contribution in [2.24, 2.45) is 0 Å². The topological polar surface area (TPSA) is 61.9 Å². The van der Waals surface area contributed by atoms with Gasteiger partial charge in [0.15, 0.2) is 0 Å². The number of nitrogens with zero attached hydrogens (tertiary/aromatic N) is 2. The van der Waals surface area contributed by atoms with Crippen LogP contribution in [0.15, 0.2) is 42.5 Å². The van der Waals surface area contributed by atoms with Crippen molar-refractivity contribution in [3.8, 4) is 5.75 Å². The van der Waals surface area contributed by atoms with Gasteiger partial charge in [-0.25, -0.2) is 4.39 Å². The molecule has 0 radical (unpaired) electrons. The van der Waals surface area contributed by atoms with E-state index in [2.05, 4.69) is 16.3 Å². The van der Waals surface area contributed by atoms with Crippen LogP contribution in [0.2, 0.25) is 0 Å². The Hall–Kier alpha value is -2.93. The summed E-state index contributed by atoms with van der Waals surface area (Å²) < 4.78 is 20.3. The summed E-state index contributed by atoms with van der Waals surface area (Å²) in [7, 11) is 0. The molecule has 0 unspecified atom stereocenters. The highest BCUT2D eigenvalue weighted by atomic mass is 19.1. The second kappa shape index (κ2) is 9.28. The minimum Gasteiger partial charge on any atom is -0.485 e. The average Bonchev–Trinajstić information content (AvgIpc) is 2.92. The van der Waals surface area contributed by atoms with Crippen molar-refractivity contribution in [2.45, 2.75) is 45.4 Å². The number of carbonyl (C=O) groups excluding carboxylic acids is 2. The largest absolute Gasteiger partial charge is 0.485 e. The highest BCUT2D eigenvalue weighted by molar-refractivity contribution is 5.78. The van der Waals surface area contributed by atoms with Crippen molar-refractivity contribution < 1.29 is 18.7 Å². The summed E-state index contributed by atoms with van der Waals surface area (Å²) in [5.74, 6) is 0.439. The minimum absolute atomic E-state index is 0.0392. The Balaban J connectivity index is 1.37. The van der Waals surface area contributed by atoms with Crippen molar-refractivity contribution in [3.05, 3.63) is 65.0 Å². The van der Waals surface area contributed by atoms with E-state index in [1.807, 2.05) is 24.0 Å². The van der Waals surface area contributed by atoms with E-state index in [0.29, 0.717) is 31.7 Å². The summed E-state index contributed by atoms with van der Waals surface area (Å²) in [6.45, 7) is 6.56. The number of amides is 2. The van der Waals surface area contributed by atoms with Crippen LogP contribution in [0.25, 0.3) is 0 Å². The number of fused-ring (bicyclic) bond motifs is 1. The van der Waals surface area contributed by atoms with Crippen LogP contribution >= 0.6 is 0 Å². The fourth-order valence-electron chi connectivity index (χ4n) is 4.50. The van der Waals surface area contributed by atoms with Crippen LogP contribution in [0.3, 0.4) is 0 Å². The lowest BCUT2D eigenvalue weighted by Gasteiger charge is -2.42. The van der Waals surface area contributed by atoms with E-state index in [-0.39, 0.29) is 30.7 Å². The third kappa shape index (κ3) is 5.10. The van der Waals surface area contributed by atoms with Gasteiger partial charge in [-0.15, -0.1) is 0 Å². The molecule has 2 heterocycles. The summed E-state index contributed by atoms with van der Waals surface area (Å²) in [5, 5.41) is 2.80. The zero-order valence-electron chi connectivity index (χ0n) is 18.7. The number of rotatable bonds is 4. The summed E-state index contributed by atoms with van der Waals surface area (Å²) in [6.07, 6.45) is 1.45. The van der Waals surface area contributed by atoms with E-state index in [1.54, 1.807) is 25.1 Å². The van der Waals surface area contributed by atoms with Crippen LogP contribution in [-0.4, -0.2) is 53.4 Å². The first-order chi connectivity index (χ1) is 15.3. The molecule has 1 spiro atoms. The molecule has 32 heavy (non-hydrogen) atoms. The predicted octanol–water partition coefficient (Wildman–Crippen LogP) is 3.03. The van der Waals surface area contributed by atoms with Gasteiger partial charge < -0.3 is 15.0 Å². The maximum absolute atomic E-state index is 13.7. The molecule has 0 atom stereocenters. The number of carbonyl (C=O) groups is 2. The smallest absolute Gasteiger partial charge is 0.234 e. The van der Waals surface area contributed by atoms with Crippen LogP contribution in [0.4, 0.5) is 4.39 Å². The van der Waals surface area contributed by atoms with Crippen molar-refractivity contribution in [1.82, 2.24) is 15.1 Å². The second-order valence-corrected chi connectivity index (χ2v) is 8.92. The van der Waals surface area contributed by atoms with Gasteiger partial charge in [-0.05, 0) is 19.1 Å². The molecule has 2 aromatic rings. The van der Waals surface area contributed by atoms with Crippen LogP contribution in [0.5, 0.6) is 5.75 Å². The molecule has 0 bridgehead atoms. The van der Waals surface area contributed by atoms with E-state index in [9.17, 15) is 14.0 Å². The van der Waals surface area contributed by atoms with Gasteiger partial charge in [0.2, 0.25) is 11.8 Å². The van der Waals surface area contributed by atoms with Crippen molar-refractivity contribution in [2.75, 3.05) is 26.2 Å². The zero-order valence-corrected chi connectivity index (χ0v) is 18.7. The van der Waals surface area contributed by atoms with Crippen LogP contribution < -0.4 is 10.1 Å². The highest BCUT2D eigenvalue weighted by Crippen LogP contribution is 2.36. The van der Waals surface area contributed by atoms with E-state index >= 15 is 0 Å². The fourth-order valence-corrected chi connectivity index (χ4v) is 4.50. The lowest BCUT2D eigenvalue weighted by molar-refractivity contribution is -0.133. The van der Waals surface area contributed by atoms with Gasteiger partial charge in [-0.1, -0.05) is 35.9 Å². The molecule has 170 valence electrons. The van der Waals surface area contributed by atoms with Crippen LogP contribution in [0.1, 0.15) is 36.5 Å². The molecule has 1 N–H and O–H groups in total. The lowest BCUT2D eigenvalue weighted by Crippen LogP contribution is -2.55. The third-order valence-electron chi connectivity index (χ3n) is 6.40. The first-order valence-electron chi connectivity index (χ1n) is 11.1. The molecule has 4 rings (SSSR count). The van der Waals surface area contributed by atoms with Gasteiger partial charge in [-0.3, -0.25) is 14.5 Å². The van der Waals surface area contributed by atoms with Crippen molar-refractivity contribution in [1.29, 1.82) is 0 Å². The second-order valence-electron chi connectivity index (χ2n) is 8.92. The Kier molecular flexibility index (Phi) is 6.46. The molecule has 1 saturated heterocycles. The fraction of sp³-hybridized carbons (Fsp3) is 0.440. The molecule has 7 heteroatoms. The normalized spacial score (nSPS) is 17.9. The van der Waals surface area contributed by atoms with E-state index < -0.39 is 5.60 Å². The molecule has 0 aliphatic carbocycles. The number of hydrogen-bond donors (Lipinski definition) is 1. The van der Waals surface area contributed by atoms with Gasteiger partial charge in [0.1, 0.15) is 17.2 Å². The van der Waals surface area contributed by atoms with Crippen LogP contribution in [0, 0.1) is 12.7 Å². The average molecular weight is 440 g/mol. The van der Waals surface area contributed by atoms with E-state index in [0.717, 1.165) is 29.7 Å². The van der Waals surface area contributed by atoms with E-state index in [4.69, 9.17) is 4.74 Å². The first kappa shape index (κ1) is 22.3. The Morgan fingerprint density at radius 2 is 1.91 bits per heavy atom. The standard InChI is InChI=1S/C25H30FN3O3/c1-18-7-8-23-21(13-18)15-29(19(2)30)17-25(32-23)9-11-28(12-10-25)16-24(31)27-14-20-5-3-4-6-22(20)26/h3-8,13H,9-12,14-17H2,1-2H3,(H,27,31). The quantitative estimate of drug-likeness (QED) is 0.796. The van der Waals surface area contributed by atoms with Gasteiger partial charge in [0.25, 0.3) is 0 Å². The maximum Gasteiger partial charge on any atom is 0.234 e. The van der Waals surface area contributed by atoms with Gasteiger partial charge in [0.05, 0.1) is 13.1 Å². The molecule has 1 fully saturated rings. The lowest BCUT2D eigenvalue weighted by atomic mass is 9.90. The number of nitrogens with one attached hydrogen (secondary N) is 1. The highest BCUT2D eigenvalue weighted by Gasteiger charge is 2.41. The molecule has 6 nitrogen and oxygen atoms in total. The molecule has 2 amide bonds. The molecule has 0 aromatic heterocycles. The number of aryl methyl sites for hydroxylation is 1. The summed E-state index contributed by atoms with van der Waals surface area (Å²) in [5.41, 5.74) is 2.20. The molecular formula is C25H30FN3O3. The van der Waals surface area contributed by atoms with E-state index in [1.165, 1.54) is 6.07 Å². The summed E-state index contributed by atoms with van der Waals surface area (Å²) >= 11 is 0. The van der Waals surface area contributed by atoms with Crippen molar-refractivity contribution in [3.63, 3.8) is 0 Å². The Bertz CT molecular complexity index is 1000. The van der Waals surface area contributed by atoms with Gasteiger partial charge in [0, 0.05) is 57.1 Å². The molecule has 2 aliphatic heterocycles. The Morgan fingerprint density at radius 3 is 2.62 bits per heavy atom. The van der Waals surface area contributed by atoms with Gasteiger partial charge in [-0.2, -0.15) is 0 Å². The number of piperidine rings is 1. The Labute approximate surface area is 188 Å². The predicted molar refractivity (Wildman–Crippen MR) is 120 cm³/mol. The number of benzene rings is 2. The maximum atomic E-state index is 13.7. The third-order valence-corrected chi connectivity index (χ3v) is 6.40. The summed E-state index contributed by atoms with van der Waals surface area (Å²) in [4.78, 5) is 28.6. The van der Waals surface area contributed by atoms with Crippen LogP contribution in [-0.2, 0) is 22.7 Å². The number of hydrogen-bond acceptors (Lipinski definition) is 4. The summed E-state index contributed by atoms with van der Waals surface area (Å²) in [6, 6.07) is 12.6. The van der Waals surface area contributed by atoms with Crippen molar-refractivity contribution >= 4 is 11.8 Å². The van der Waals surface area contributed by atoms with Gasteiger partial charge >= 0.3 is 0 Å². The number of ether oxygens (including phenoxy) is 1. The zero-order chi connectivity index (χ0) is 22.7. The Morgan fingerprint density at radius 1 is 1.16 bits per heavy atom. The minimum atomic E-state index is -0.452. The molecule has 2 aromatic carbocycles. The first-order valence-corrected chi connectivity index (χ1v) is 11.1. The molecular weight excluding hydrogens is 409 g/mol. The molecule has 0 saturated carbocycles.